The van der Waals surface area contributed by atoms with E-state index in [1.165, 1.54) is 23.5 Å². The van der Waals surface area contributed by atoms with Gasteiger partial charge >= 0.3 is 0 Å². The lowest BCUT2D eigenvalue weighted by molar-refractivity contribution is -0.117. The molecule has 0 aliphatic rings. The molecule has 0 aromatic rings. The van der Waals surface area contributed by atoms with Gasteiger partial charge in [0.1, 0.15) is 4.08 Å². The summed E-state index contributed by atoms with van der Waals surface area (Å²) in [7, 11) is 0. The number of hydrogen-bond acceptors (Lipinski definition) is 3. The Labute approximate surface area is 63.9 Å². The molecule has 0 heterocycles. The number of primary amides is 1. The predicted octanol–water partition coefficient (Wildman–Crippen LogP) is 0.914. The summed E-state index contributed by atoms with van der Waals surface area (Å²) in [5.74, 6) is -0.262. The fourth-order valence-electron chi connectivity index (χ4n) is 0.285. The van der Waals surface area contributed by atoms with E-state index < -0.39 is 4.08 Å². The first-order chi connectivity index (χ1) is 4.06. The van der Waals surface area contributed by atoms with Gasteiger partial charge in [-0.05, 0) is 19.4 Å². The summed E-state index contributed by atoms with van der Waals surface area (Å²) in [5.41, 5.74) is 5.11. The predicted molar refractivity (Wildman–Crippen MR) is 44.6 cm³/mol. The van der Waals surface area contributed by atoms with Crippen molar-refractivity contribution in [2.45, 2.75) is 11.0 Å². The molecule has 2 N–H and O–H groups in total. The van der Waals surface area contributed by atoms with Crippen LogP contribution in [0.15, 0.2) is 0 Å². The molecule has 0 aromatic heterocycles. The summed E-state index contributed by atoms with van der Waals surface area (Å²) in [6.45, 7) is 1.82. The Morgan fingerprint density at radius 3 is 1.78 bits per heavy atom. The highest BCUT2D eigenvalue weighted by Crippen LogP contribution is 2.32. The van der Waals surface area contributed by atoms with E-state index >= 15 is 0 Å². The molecule has 2 nitrogen and oxygen atoms in total. The van der Waals surface area contributed by atoms with Crippen LogP contribution in [0.4, 0.5) is 0 Å². The summed E-state index contributed by atoms with van der Waals surface area (Å²) in [5, 5.41) is 0. The van der Waals surface area contributed by atoms with E-state index in [2.05, 4.69) is 0 Å². The van der Waals surface area contributed by atoms with E-state index in [4.69, 9.17) is 5.73 Å². The first kappa shape index (κ1) is 9.17. The van der Waals surface area contributed by atoms with Gasteiger partial charge in [0, 0.05) is 0 Å². The van der Waals surface area contributed by atoms with Gasteiger partial charge in [0.2, 0.25) is 5.91 Å². The topological polar surface area (TPSA) is 43.1 Å². The molecule has 9 heavy (non-hydrogen) atoms. The maximum atomic E-state index is 10.7. The third kappa shape index (κ3) is 2.10. The number of carbonyl (C=O) groups excluding carboxylic acids is 1. The lowest BCUT2D eigenvalue weighted by Gasteiger charge is -2.19. The molecule has 0 atom stereocenters. The molecule has 4 heteroatoms. The Balaban J connectivity index is 4.09. The quantitative estimate of drug-likeness (QED) is 0.632. The number of amides is 1. The molecule has 0 saturated heterocycles. The normalized spacial score (nSPS) is 11.4. The zero-order valence-corrected chi connectivity index (χ0v) is 7.44. The van der Waals surface area contributed by atoms with Gasteiger partial charge in [-0.15, -0.1) is 23.5 Å². The zero-order valence-electron chi connectivity index (χ0n) is 5.80. The number of carbonyl (C=O) groups is 1. The minimum absolute atomic E-state index is 0.262. The molecule has 0 aromatic carbocycles. The smallest absolute Gasteiger partial charge is 0.243 e. The molecule has 0 rings (SSSR count). The van der Waals surface area contributed by atoms with Crippen LogP contribution >= 0.6 is 23.5 Å². The van der Waals surface area contributed by atoms with Gasteiger partial charge in [-0.25, -0.2) is 0 Å². The molecular formula is C5H11NOS2. The van der Waals surface area contributed by atoms with E-state index in [0.29, 0.717) is 0 Å². The van der Waals surface area contributed by atoms with Crippen molar-refractivity contribution in [2.75, 3.05) is 12.5 Å². The summed E-state index contributed by atoms with van der Waals surface area (Å²) in [6.07, 6.45) is 3.75. The molecule has 1 amide bonds. The van der Waals surface area contributed by atoms with Crippen LogP contribution in [0.5, 0.6) is 0 Å². The average molecular weight is 165 g/mol. The van der Waals surface area contributed by atoms with E-state index in [-0.39, 0.29) is 5.91 Å². The SMILES string of the molecule is CSC(C)(SC)C(N)=O. The van der Waals surface area contributed by atoms with Crippen molar-refractivity contribution >= 4 is 29.4 Å². The highest BCUT2D eigenvalue weighted by atomic mass is 32.2. The molecule has 0 saturated carbocycles. The van der Waals surface area contributed by atoms with Crippen LogP contribution in [0.1, 0.15) is 6.92 Å². The monoisotopic (exact) mass is 165 g/mol. The molecule has 0 aliphatic heterocycles. The van der Waals surface area contributed by atoms with Crippen molar-refractivity contribution in [3.8, 4) is 0 Å². The third-order valence-corrected chi connectivity index (χ3v) is 4.19. The van der Waals surface area contributed by atoms with E-state index in [1.54, 1.807) is 0 Å². The van der Waals surface area contributed by atoms with E-state index in [9.17, 15) is 4.79 Å². The highest BCUT2D eigenvalue weighted by molar-refractivity contribution is 8.18. The highest BCUT2D eigenvalue weighted by Gasteiger charge is 2.28. The molecule has 0 radical (unpaired) electrons. The van der Waals surface area contributed by atoms with Crippen LogP contribution in [0.3, 0.4) is 0 Å². The number of hydrogen-bond donors (Lipinski definition) is 1. The van der Waals surface area contributed by atoms with Crippen molar-refractivity contribution < 1.29 is 4.79 Å². The second-order valence-corrected chi connectivity index (χ2v) is 4.43. The summed E-state index contributed by atoms with van der Waals surface area (Å²) < 4.78 is -0.444. The van der Waals surface area contributed by atoms with Crippen LogP contribution < -0.4 is 5.73 Å². The maximum absolute atomic E-state index is 10.7. The lowest BCUT2D eigenvalue weighted by atomic mass is 10.4. The van der Waals surface area contributed by atoms with Crippen molar-refractivity contribution in [1.82, 2.24) is 0 Å². The van der Waals surface area contributed by atoms with Gasteiger partial charge in [-0.1, -0.05) is 0 Å². The molecule has 54 valence electrons. The van der Waals surface area contributed by atoms with Crippen molar-refractivity contribution in [3.63, 3.8) is 0 Å². The molecule has 0 unspecified atom stereocenters. The van der Waals surface area contributed by atoms with Crippen LogP contribution in [0.25, 0.3) is 0 Å². The number of thioether (sulfide) groups is 2. The fourth-order valence-corrected chi connectivity index (χ4v) is 1.35. The first-order valence-electron chi connectivity index (χ1n) is 2.47. The Morgan fingerprint density at radius 1 is 1.44 bits per heavy atom. The van der Waals surface area contributed by atoms with Crippen molar-refractivity contribution in [3.05, 3.63) is 0 Å². The second-order valence-electron chi connectivity index (χ2n) is 1.72. The van der Waals surface area contributed by atoms with Crippen LogP contribution in [-0.4, -0.2) is 22.5 Å². The molecule has 0 fully saturated rings. The lowest BCUT2D eigenvalue weighted by Crippen LogP contribution is -2.34. The van der Waals surface area contributed by atoms with Gasteiger partial charge in [0.05, 0.1) is 0 Å². The number of rotatable bonds is 3. The Kier molecular flexibility index (Phi) is 3.43. The van der Waals surface area contributed by atoms with Gasteiger partial charge < -0.3 is 5.73 Å². The molecule has 0 aliphatic carbocycles. The summed E-state index contributed by atoms with van der Waals surface area (Å²) in [4.78, 5) is 10.7. The average Bonchev–Trinajstić information content (AvgIpc) is 1.86. The van der Waals surface area contributed by atoms with E-state index in [0.717, 1.165) is 0 Å². The van der Waals surface area contributed by atoms with Gasteiger partial charge in [-0.3, -0.25) is 4.79 Å². The summed E-state index contributed by atoms with van der Waals surface area (Å²) >= 11 is 2.94. The van der Waals surface area contributed by atoms with Gasteiger partial charge in [-0.2, -0.15) is 0 Å². The minimum Gasteiger partial charge on any atom is -0.368 e. The van der Waals surface area contributed by atoms with Gasteiger partial charge in [0.15, 0.2) is 0 Å². The maximum Gasteiger partial charge on any atom is 0.243 e. The molecule has 0 bridgehead atoms. The van der Waals surface area contributed by atoms with Gasteiger partial charge in [0.25, 0.3) is 0 Å². The molecule has 0 spiro atoms. The summed E-state index contributed by atoms with van der Waals surface area (Å²) in [6, 6.07) is 0. The van der Waals surface area contributed by atoms with E-state index in [1.807, 2.05) is 19.4 Å². The van der Waals surface area contributed by atoms with Crippen LogP contribution in [-0.2, 0) is 4.79 Å². The Bertz CT molecular complexity index is 112. The Morgan fingerprint density at radius 2 is 1.78 bits per heavy atom. The first-order valence-corrected chi connectivity index (χ1v) is 4.92. The minimum atomic E-state index is -0.444. The van der Waals surface area contributed by atoms with Crippen molar-refractivity contribution in [1.29, 1.82) is 0 Å². The third-order valence-electron chi connectivity index (χ3n) is 1.23. The fraction of sp³-hybridized carbons (Fsp3) is 0.800. The largest absolute Gasteiger partial charge is 0.368 e. The molecular weight excluding hydrogens is 154 g/mol. The van der Waals surface area contributed by atoms with Crippen LogP contribution in [0, 0.1) is 0 Å². The Hall–Kier alpha value is 0.170. The number of nitrogens with two attached hydrogens (primary N) is 1. The van der Waals surface area contributed by atoms with Crippen molar-refractivity contribution in [2.24, 2.45) is 5.73 Å². The standard InChI is InChI=1S/C5H11NOS2/c1-5(8-2,9-3)4(6)7/h1-3H3,(H2,6,7). The zero-order chi connectivity index (χ0) is 7.49. The van der Waals surface area contributed by atoms with Crippen LogP contribution in [0.2, 0.25) is 0 Å². The second kappa shape index (κ2) is 3.37.